The lowest BCUT2D eigenvalue weighted by atomic mass is 9.95. The van der Waals surface area contributed by atoms with Crippen molar-refractivity contribution < 1.29 is 22.8 Å². The molecule has 0 aromatic heterocycles. The minimum absolute atomic E-state index is 0.0569. The fourth-order valence-corrected chi connectivity index (χ4v) is 4.64. The lowest BCUT2D eigenvalue weighted by molar-refractivity contribution is -0.139. The number of alkyl halides is 3. The molecule has 3 rings (SSSR count). The van der Waals surface area contributed by atoms with E-state index in [1.807, 2.05) is 0 Å². The zero-order valence-corrected chi connectivity index (χ0v) is 20.0. The van der Waals surface area contributed by atoms with Crippen LogP contribution in [0.3, 0.4) is 0 Å². The van der Waals surface area contributed by atoms with Crippen molar-refractivity contribution in [2.45, 2.75) is 37.9 Å². The molecule has 0 bridgehead atoms. The number of carbonyl (C=O) groups is 2. The zero-order valence-electron chi connectivity index (χ0n) is 17.7. The maximum Gasteiger partial charge on any atom is 0.399 e. The van der Waals surface area contributed by atoms with Gasteiger partial charge < -0.3 is 5.32 Å². The molecule has 1 aliphatic rings. The van der Waals surface area contributed by atoms with Gasteiger partial charge in [-0.2, -0.15) is 24.9 Å². The van der Waals surface area contributed by atoms with Crippen molar-refractivity contribution >= 4 is 52.7 Å². The van der Waals surface area contributed by atoms with Crippen LogP contribution in [0.5, 0.6) is 0 Å². The lowest BCUT2D eigenvalue weighted by Gasteiger charge is -2.25. The number of ketones is 1. The molecule has 0 spiro atoms. The van der Waals surface area contributed by atoms with Crippen LogP contribution in [-0.2, 0) is 4.79 Å². The molecule has 33 heavy (non-hydrogen) atoms. The Balaban J connectivity index is 1.69. The Labute approximate surface area is 204 Å². The van der Waals surface area contributed by atoms with Crippen LogP contribution in [-0.4, -0.2) is 35.4 Å². The van der Waals surface area contributed by atoms with Crippen LogP contribution in [0, 0.1) is 6.92 Å². The molecule has 1 saturated heterocycles. The molecule has 2 aromatic rings. The maximum absolute atomic E-state index is 13.7. The van der Waals surface area contributed by atoms with Gasteiger partial charge in [0.15, 0.2) is 5.78 Å². The molecule has 0 aliphatic carbocycles. The van der Waals surface area contributed by atoms with E-state index in [1.165, 1.54) is 24.3 Å². The predicted molar refractivity (Wildman–Crippen MR) is 128 cm³/mol. The summed E-state index contributed by atoms with van der Waals surface area (Å²) in [4.78, 5) is 24.4. The number of hydrogen-bond donors (Lipinski definition) is 1. The standard InChI is InChI=1S/C24H22Cl2F3NO2S/c1-14-8-15(2-4-20(14)22(31)6-7-23(32)30-19-12-33-13-19)3-5-21(24(27,28)29)16-9-17(25)11-18(26)10-16/h2-5,8-11,19,21H,6-7,12-13H2,1H3,(H,30,32)/b5-3+. The smallest absolute Gasteiger partial charge is 0.352 e. The van der Waals surface area contributed by atoms with Crippen LogP contribution in [0.25, 0.3) is 6.08 Å². The first kappa shape index (κ1) is 25.7. The van der Waals surface area contributed by atoms with E-state index in [0.717, 1.165) is 17.6 Å². The number of nitrogens with one attached hydrogen (secondary N) is 1. The van der Waals surface area contributed by atoms with Crippen molar-refractivity contribution in [1.29, 1.82) is 0 Å². The Morgan fingerprint density at radius 3 is 2.33 bits per heavy atom. The molecule has 1 fully saturated rings. The van der Waals surface area contributed by atoms with Crippen LogP contribution in [0.2, 0.25) is 10.0 Å². The summed E-state index contributed by atoms with van der Waals surface area (Å²) in [5.41, 5.74) is 1.55. The zero-order chi connectivity index (χ0) is 24.2. The number of carbonyl (C=O) groups excluding carboxylic acids is 2. The summed E-state index contributed by atoms with van der Waals surface area (Å²) >= 11 is 13.5. The molecule has 1 unspecified atom stereocenters. The molecule has 2 aromatic carbocycles. The second-order valence-electron chi connectivity index (χ2n) is 7.88. The molecule has 1 N–H and O–H groups in total. The Kier molecular flexibility index (Phi) is 8.54. The van der Waals surface area contributed by atoms with E-state index in [4.69, 9.17) is 23.2 Å². The summed E-state index contributed by atoms with van der Waals surface area (Å²) in [5.74, 6) is -0.420. The molecule has 3 nitrogen and oxygen atoms in total. The molecule has 0 radical (unpaired) electrons. The number of allylic oxidation sites excluding steroid dienone is 1. The minimum atomic E-state index is -4.53. The number of Topliss-reactive ketones (excluding diaryl/α,β-unsaturated/α-hetero) is 1. The number of aryl methyl sites for hydroxylation is 1. The van der Waals surface area contributed by atoms with E-state index in [1.54, 1.807) is 36.9 Å². The highest BCUT2D eigenvalue weighted by Crippen LogP contribution is 2.38. The van der Waals surface area contributed by atoms with Crippen molar-refractivity contribution in [3.63, 3.8) is 0 Å². The number of halogens is 5. The van der Waals surface area contributed by atoms with Gasteiger partial charge in [0.2, 0.25) is 5.91 Å². The Morgan fingerprint density at radius 2 is 1.79 bits per heavy atom. The molecule has 9 heteroatoms. The second kappa shape index (κ2) is 11.0. The van der Waals surface area contributed by atoms with Gasteiger partial charge in [0.1, 0.15) is 0 Å². The van der Waals surface area contributed by atoms with Crippen LogP contribution in [0.1, 0.15) is 45.8 Å². The van der Waals surface area contributed by atoms with Gasteiger partial charge in [-0.05, 0) is 41.8 Å². The summed E-state index contributed by atoms with van der Waals surface area (Å²) in [6.07, 6.45) is -1.95. The molecular weight excluding hydrogens is 494 g/mol. The highest BCUT2D eigenvalue weighted by molar-refractivity contribution is 8.00. The average molecular weight is 516 g/mol. The SMILES string of the molecule is Cc1cc(/C=C/C(c2cc(Cl)cc(Cl)c2)C(F)(F)F)ccc1C(=O)CCC(=O)NC1CSC1. The number of thioether (sulfide) groups is 1. The average Bonchev–Trinajstić information content (AvgIpc) is 2.67. The maximum atomic E-state index is 13.7. The van der Waals surface area contributed by atoms with Gasteiger partial charge in [0, 0.05) is 46.0 Å². The number of hydrogen-bond acceptors (Lipinski definition) is 3. The molecule has 1 aliphatic heterocycles. The normalized spacial score (nSPS) is 15.3. The fraction of sp³-hybridized carbons (Fsp3) is 0.333. The second-order valence-corrected chi connectivity index (χ2v) is 9.83. The van der Waals surface area contributed by atoms with E-state index in [-0.39, 0.29) is 46.2 Å². The monoisotopic (exact) mass is 515 g/mol. The number of benzene rings is 2. The van der Waals surface area contributed by atoms with E-state index in [9.17, 15) is 22.8 Å². The van der Waals surface area contributed by atoms with Crippen molar-refractivity contribution in [1.82, 2.24) is 5.32 Å². The van der Waals surface area contributed by atoms with Gasteiger partial charge in [-0.15, -0.1) is 0 Å². The van der Waals surface area contributed by atoms with E-state index in [2.05, 4.69) is 5.32 Å². The summed E-state index contributed by atoms with van der Waals surface area (Å²) in [6, 6.07) is 8.85. The first-order valence-corrected chi connectivity index (χ1v) is 12.2. The number of amides is 1. The summed E-state index contributed by atoms with van der Waals surface area (Å²) < 4.78 is 41.0. The van der Waals surface area contributed by atoms with Crippen molar-refractivity contribution in [3.05, 3.63) is 74.8 Å². The third kappa shape index (κ3) is 7.26. The molecule has 1 atom stereocenters. The summed E-state index contributed by atoms with van der Waals surface area (Å²) in [5, 5.41) is 3.13. The Bertz CT molecular complexity index is 1050. The van der Waals surface area contributed by atoms with Crippen LogP contribution >= 0.6 is 35.0 Å². The van der Waals surface area contributed by atoms with Gasteiger partial charge >= 0.3 is 6.18 Å². The minimum Gasteiger partial charge on any atom is -0.352 e. The molecule has 1 heterocycles. The first-order valence-electron chi connectivity index (χ1n) is 10.2. The largest absolute Gasteiger partial charge is 0.399 e. The van der Waals surface area contributed by atoms with Crippen LogP contribution < -0.4 is 5.32 Å². The van der Waals surface area contributed by atoms with Gasteiger partial charge in [-0.3, -0.25) is 9.59 Å². The molecule has 1 amide bonds. The Morgan fingerprint density at radius 1 is 1.12 bits per heavy atom. The summed E-state index contributed by atoms with van der Waals surface area (Å²) in [7, 11) is 0. The number of rotatable bonds is 8. The van der Waals surface area contributed by atoms with E-state index < -0.39 is 12.1 Å². The quantitative estimate of drug-likeness (QED) is 0.390. The topological polar surface area (TPSA) is 46.2 Å². The van der Waals surface area contributed by atoms with Gasteiger partial charge in [-0.25, -0.2) is 0 Å². The van der Waals surface area contributed by atoms with E-state index in [0.29, 0.717) is 16.7 Å². The van der Waals surface area contributed by atoms with Crippen molar-refractivity contribution in [3.8, 4) is 0 Å². The van der Waals surface area contributed by atoms with Gasteiger partial charge in [0.05, 0.1) is 5.92 Å². The Hall–Kier alpha value is -1.96. The highest BCUT2D eigenvalue weighted by Gasteiger charge is 2.39. The van der Waals surface area contributed by atoms with Crippen molar-refractivity contribution in [2.75, 3.05) is 11.5 Å². The van der Waals surface area contributed by atoms with Gasteiger partial charge in [0.25, 0.3) is 0 Å². The molecule has 176 valence electrons. The van der Waals surface area contributed by atoms with Crippen LogP contribution in [0.4, 0.5) is 13.2 Å². The van der Waals surface area contributed by atoms with E-state index >= 15 is 0 Å². The predicted octanol–water partition coefficient (Wildman–Crippen LogP) is 6.86. The third-order valence-electron chi connectivity index (χ3n) is 5.21. The fourth-order valence-electron chi connectivity index (χ4n) is 3.46. The van der Waals surface area contributed by atoms with Crippen molar-refractivity contribution in [2.24, 2.45) is 0 Å². The summed E-state index contributed by atoms with van der Waals surface area (Å²) in [6.45, 7) is 1.72. The lowest BCUT2D eigenvalue weighted by Crippen LogP contribution is -2.43. The first-order chi connectivity index (χ1) is 15.5. The van der Waals surface area contributed by atoms with Crippen LogP contribution in [0.15, 0.2) is 42.5 Å². The van der Waals surface area contributed by atoms with Gasteiger partial charge in [-0.1, -0.05) is 53.6 Å². The molecule has 0 saturated carbocycles. The molecular formula is C24H22Cl2F3NO2S. The third-order valence-corrected chi connectivity index (χ3v) is 6.92. The highest BCUT2D eigenvalue weighted by atomic mass is 35.5.